The summed E-state index contributed by atoms with van der Waals surface area (Å²) >= 11 is 1.68. The molecule has 0 saturated heterocycles. The molecule has 0 amide bonds. The summed E-state index contributed by atoms with van der Waals surface area (Å²) in [7, 11) is 1.34. The third-order valence-corrected chi connectivity index (χ3v) is 3.99. The van der Waals surface area contributed by atoms with Crippen LogP contribution in [0.1, 0.15) is 27.2 Å². The molecular formula is C14H17N3O2S. The minimum absolute atomic E-state index is 0.367. The minimum atomic E-state index is -0.436. The lowest BCUT2D eigenvalue weighted by atomic mass is 10.1. The van der Waals surface area contributed by atoms with Crippen molar-refractivity contribution >= 4 is 28.7 Å². The Hall–Kier alpha value is -2.08. The van der Waals surface area contributed by atoms with Crippen LogP contribution in [0.25, 0.3) is 0 Å². The molecule has 0 aliphatic carbocycles. The fourth-order valence-corrected chi connectivity index (χ4v) is 2.53. The van der Waals surface area contributed by atoms with Gasteiger partial charge in [0, 0.05) is 22.4 Å². The molecule has 0 bridgehead atoms. The van der Waals surface area contributed by atoms with E-state index < -0.39 is 5.97 Å². The summed E-state index contributed by atoms with van der Waals surface area (Å²) in [5, 5.41) is 4.24. The van der Waals surface area contributed by atoms with Crippen molar-refractivity contribution < 1.29 is 9.53 Å². The van der Waals surface area contributed by atoms with Gasteiger partial charge in [0.2, 0.25) is 0 Å². The van der Waals surface area contributed by atoms with Crippen LogP contribution in [0.15, 0.2) is 24.4 Å². The summed E-state index contributed by atoms with van der Waals surface area (Å²) in [4.78, 5) is 17.2. The topological polar surface area (TPSA) is 77.2 Å². The monoisotopic (exact) mass is 291 g/mol. The van der Waals surface area contributed by atoms with Crippen LogP contribution in [0.4, 0.5) is 11.4 Å². The summed E-state index contributed by atoms with van der Waals surface area (Å²) in [5.41, 5.74) is 7.34. The van der Waals surface area contributed by atoms with Crippen molar-refractivity contribution in [3.63, 3.8) is 0 Å². The van der Waals surface area contributed by atoms with Crippen LogP contribution in [-0.2, 0) is 17.7 Å². The number of aryl methyl sites for hydroxylation is 1. The third-order valence-electron chi connectivity index (χ3n) is 2.85. The summed E-state index contributed by atoms with van der Waals surface area (Å²) in [5.74, 6) is -0.436. The summed E-state index contributed by atoms with van der Waals surface area (Å²) in [6.07, 6.45) is 2.89. The van der Waals surface area contributed by atoms with Crippen molar-refractivity contribution in [1.82, 2.24) is 4.98 Å². The van der Waals surface area contributed by atoms with E-state index in [4.69, 9.17) is 10.5 Å². The predicted molar refractivity (Wildman–Crippen MR) is 81.0 cm³/mol. The lowest BCUT2D eigenvalue weighted by Crippen LogP contribution is -2.07. The van der Waals surface area contributed by atoms with E-state index in [2.05, 4.69) is 17.2 Å². The van der Waals surface area contributed by atoms with Gasteiger partial charge in [-0.2, -0.15) is 0 Å². The number of nitrogen functional groups attached to an aromatic ring is 1. The molecule has 2 aromatic rings. The quantitative estimate of drug-likeness (QED) is 0.654. The first-order valence-corrected chi connectivity index (χ1v) is 7.11. The maximum absolute atomic E-state index is 11.6. The molecule has 0 radical (unpaired) electrons. The number of hydrogen-bond donors (Lipinski definition) is 2. The van der Waals surface area contributed by atoms with Gasteiger partial charge in [-0.1, -0.05) is 6.92 Å². The van der Waals surface area contributed by atoms with E-state index in [9.17, 15) is 4.79 Å². The van der Waals surface area contributed by atoms with Gasteiger partial charge in [-0.25, -0.2) is 9.78 Å². The Morgan fingerprint density at radius 1 is 1.50 bits per heavy atom. The average molecular weight is 291 g/mol. The SMILES string of the molecule is CCc1cnc(CNc2ccc(N)c(C(=O)OC)c2)s1. The highest BCUT2D eigenvalue weighted by Crippen LogP contribution is 2.20. The van der Waals surface area contributed by atoms with Crippen LogP contribution in [0, 0.1) is 0 Å². The van der Waals surface area contributed by atoms with Gasteiger partial charge in [0.15, 0.2) is 0 Å². The molecule has 106 valence electrons. The number of carbonyl (C=O) groups excluding carboxylic acids is 1. The van der Waals surface area contributed by atoms with Crippen molar-refractivity contribution in [3.8, 4) is 0 Å². The zero-order chi connectivity index (χ0) is 14.5. The fraction of sp³-hybridized carbons (Fsp3) is 0.286. The Morgan fingerprint density at radius 3 is 2.95 bits per heavy atom. The third kappa shape index (κ3) is 3.27. The van der Waals surface area contributed by atoms with E-state index in [0.717, 1.165) is 17.1 Å². The molecule has 0 aliphatic rings. The van der Waals surface area contributed by atoms with Gasteiger partial charge in [0.05, 0.1) is 19.2 Å². The number of anilines is 2. The van der Waals surface area contributed by atoms with Crippen LogP contribution in [-0.4, -0.2) is 18.1 Å². The Kier molecular flexibility index (Phi) is 4.57. The minimum Gasteiger partial charge on any atom is -0.465 e. The van der Waals surface area contributed by atoms with Crippen molar-refractivity contribution in [2.45, 2.75) is 19.9 Å². The van der Waals surface area contributed by atoms with Gasteiger partial charge in [-0.05, 0) is 24.6 Å². The molecule has 0 aliphatic heterocycles. The first-order chi connectivity index (χ1) is 9.63. The number of thiazole rings is 1. The van der Waals surface area contributed by atoms with E-state index in [0.29, 0.717) is 17.8 Å². The van der Waals surface area contributed by atoms with E-state index in [1.165, 1.54) is 12.0 Å². The number of nitrogens with two attached hydrogens (primary N) is 1. The number of nitrogens with one attached hydrogen (secondary N) is 1. The molecule has 0 atom stereocenters. The smallest absolute Gasteiger partial charge is 0.340 e. The highest BCUT2D eigenvalue weighted by atomic mass is 32.1. The number of carbonyl (C=O) groups is 1. The molecule has 3 N–H and O–H groups in total. The van der Waals surface area contributed by atoms with Crippen molar-refractivity contribution in [3.05, 3.63) is 39.8 Å². The molecule has 0 spiro atoms. The van der Waals surface area contributed by atoms with Crippen molar-refractivity contribution in [1.29, 1.82) is 0 Å². The van der Waals surface area contributed by atoms with E-state index in [1.54, 1.807) is 23.5 Å². The normalized spacial score (nSPS) is 10.3. The summed E-state index contributed by atoms with van der Waals surface area (Å²) < 4.78 is 4.70. The Bertz CT molecular complexity index is 610. The molecule has 2 rings (SSSR count). The van der Waals surface area contributed by atoms with Gasteiger partial charge >= 0.3 is 5.97 Å². The second-order valence-corrected chi connectivity index (χ2v) is 5.42. The first kappa shape index (κ1) is 14.3. The molecule has 1 aromatic heterocycles. The largest absolute Gasteiger partial charge is 0.465 e. The molecule has 0 saturated carbocycles. The zero-order valence-electron chi connectivity index (χ0n) is 11.5. The number of benzene rings is 1. The lowest BCUT2D eigenvalue weighted by Gasteiger charge is -2.08. The average Bonchev–Trinajstić information content (AvgIpc) is 2.93. The number of ether oxygens (including phenoxy) is 1. The number of esters is 1. The van der Waals surface area contributed by atoms with E-state index in [-0.39, 0.29) is 0 Å². The maximum atomic E-state index is 11.6. The number of nitrogens with zero attached hydrogens (tertiary/aromatic N) is 1. The summed E-state index contributed by atoms with van der Waals surface area (Å²) in [6, 6.07) is 5.21. The summed E-state index contributed by atoms with van der Waals surface area (Å²) in [6.45, 7) is 2.72. The molecule has 1 heterocycles. The Balaban J connectivity index is 2.08. The zero-order valence-corrected chi connectivity index (χ0v) is 12.3. The molecule has 5 nitrogen and oxygen atoms in total. The van der Waals surface area contributed by atoms with E-state index >= 15 is 0 Å². The number of aromatic nitrogens is 1. The Morgan fingerprint density at radius 2 is 2.30 bits per heavy atom. The van der Waals surface area contributed by atoms with Crippen molar-refractivity contribution in [2.24, 2.45) is 0 Å². The van der Waals surface area contributed by atoms with Gasteiger partial charge in [-0.3, -0.25) is 0 Å². The lowest BCUT2D eigenvalue weighted by molar-refractivity contribution is 0.0602. The van der Waals surface area contributed by atoms with Crippen LogP contribution >= 0.6 is 11.3 Å². The molecule has 20 heavy (non-hydrogen) atoms. The molecule has 0 fully saturated rings. The van der Waals surface area contributed by atoms with Crippen molar-refractivity contribution in [2.75, 3.05) is 18.2 Å². The molecular weight excluding hydrogens is 274 g/mol. The fourth-order valence-electron chi connectivity index (χ4n) is 1.72. The predicted octanol–water partition coefficient (Wildman–Crippen LogP) is 2.69. The molecule has 1 aromatic carbocycles. The van der Waals surface area contributed by atoms with Gasteiger partial charge in [-0.15, -0.1) is 11.3 Å². The van der Waals surface area contributed by atoms with Crippen LogP contribution in [0.5, 0.6) is 0 Å². The van der Waals surface area contributed by atoms with Gasteiger partial charge in [0.1, 0.15) is 5.01 Å². The maximum Gasteiger partial charge on any atom is 0.340 e. The van der Waals surface area contributed by atoms with E-state index in [1.807, 2.05) is 12.3 Å². The highest BCUT2D eigenvalue weighted by molar-refractivity contribution is 7.11. The number of rotatable bonds is 5. The number of hydrogen-bond acceptors (Lipinski definition) is 6. The van der Waals surface area contributed by atoms with Crippen LogP contribution in [0.3, 0.4) is 0 Å². The number of methoxy groups -OCH3 is 1. The second-order valence-electron chi connectivity index (χ2n) is 4.22. The molecule has 0 unspecified atom stereocenters. The molecule has 6 heteroatoms. The second kappa shape index (κ2) is 6.38. The first-order valence-electron chi connectivity index (χ1n) is 6.29. The van der Waals surface area contributed by atoms with Gasteiger partial charge < -0.3 is 15.8 Å². The standard InChI is InChI=1S/C14H17N3O2S/c1-3-10-7-17-13(20-10)8-16-9-4-5-12(15)11(6-9)14(18)19-2/h4-7,16H,3,8,15H2,1-2H3. The van der Waals surface area contributed by atoms with Crippen LogP contribution < -0.4 is 11.1 Å². The van der Waals surface area contributed by atoms with Gasteiger partial charge in [0.25, 0.3) is 0 Å². The van der Waals surface area contributed by atoms with Crippen LogP contribution in [0.2, 0.25) is 0 Å². The Labute approximate surface area is 121 Å². The highest BCUT2D eigenvalue weighted by Gasteiger charge is 2.10.